The van der Waals surface area contributed by atoms with Gasteiger partial charge in [0.05, 0.1) is 5.92 Å². The molecule has 0 amide bonds. The van der Waals surface area contributed by atoms with Gasteiger partial charge in [-0.2, -0.15) is 0 Å². The molecule has 30 heavy (non-hydrogen) atoms. The number of carbonyl (C=O) groups excluding carboxylic acids is 1. The molecule has 0 saturated heterocycles. The van der Waals surface area contributed by atoms with Crippen molar-refractivity contribution in [2.24, 2.45) is 5.92 Å². The first-order chi connectivity index (χ1) is 14.7. The van der Waals surface area contributed by atoms with Gasteiger partial charge in [-0.15, -0.1) is 0 Å². The maximum absolute atomic E-state index is 12.9. The second kappa shape index (κ2) is 18.5. The minimum absolute atomic E-state index is 0.0165. The Morgan fingerprint density at radius 1 is 0.700 bits per heavy atom. The first kappa shape index (κ1) is 26.7. The Morgan fingerprint density at radius 3 is 1.60 bits per heavy atom. The number of unbranched alkanes of at least 4 members (excludes halogenated alkanes) is 12. The Hall–Kier alpha value is -1.31. The molecule has 172 valence electrons. The molecule has 0 bridgehead atoms. The Balaban J connectivity index is 2.39. The summed E-state index contributed by atoms with van der Waals surface area (Å²) < 4.78 is 5.88. The van der Waals surface area contributed by atoms with Crippen molar-refractivity contribution in [3.05, 3.63) is 35.9 Å². The van der Waals surface area contributed by atoms with Crippen LogP contribution in [0.5, 0.6) is 0 Å². The van der Waals surface area contributed by atoms with Gasteiger partial charge >= 0.3 is 5.97 Å². The molecule has 0 radical (unpaired) electrons. The van der Waals surface area contributed by atoms with Gasteiger partial charge in [0.1, 0.15) is 6.10 Å². The molecule has 0 heterocycles. The first-order valence-electron chi connectivity index (χ1n) is 12.9. The Bertz CT molecular complexity index is 511. The van der Waals surface area contributed by atoms with Crippen molar-refractivity contribution < 1.29 is 9.53 Å². The summed E-state index contributed by atoms with van der Waals surface area (Å²) in [5.41, 5.74) is 1.08. The van der Waals surface area contributed by atoms with Crippen molar-refractivity contribution in [3.63, 3.8) is 0 Å². The van der Waals surface area contributed by atoms with Crippen LogP contribution in [-0.4, -0.2) is 5.97 Å². The van der Waals surface area contributed by atoms with E-state index < -0.39 is 0 Å². The lowest BCUT2D eigenvalue weighted by Crippen LogP contribution is -2.20. The van der Waals surface area contributed by atoms with Crippen molar-refractivity contribution in [1.29, 1.82) is 0 Å². The summed E-state index contributed by atoms with van der Waals surface area (Å²) in [5, 5.41) is 0. The summed E-state index contributed by atoms with van der Waals surface area (Å²) in [7, 11) is 0. The van der Waals surface area contributed by atoms with Crippen molar-refractivity contribution in [1.82, 2.24) is 0 Å². The molecule has 1 aromatic rings. The van der Waals surface area contributed by atoms with Crippen LogP contribution < -0.4 is 0 Å². The van der Waals surface area contributed by atoms with E-state index in [1.807, 2.05) is 37.3 Å². The lowest BCUT2D eigenvalue weighted by molar-refractivity contribution is -0.154. The predicted molar refractivity (Wildman–Crippen MR) is 130 cm³/mol. The Kier molecular flexibility index (Phi) is 16.4. The van der Waals surface area contributed by atoms with Crippen LogP contribution in [0.1, 0.15) is 135 Å². The van der Waals surface area contributed by atoms with E-state index in [0.29, 0.717) is 0 Å². The van der Waals surface area contributed by atoms with E-state index in [0.717, 1.165) is 31.2 Å². The number of hydrogen-bond donors (Lipinski definition) is 0. The van der Waals surface area contributed by atoms with Crippen LogP contribution in [0.4, 0.5) is 0 Å². The van der Waals surface area contributed by atoms with Crippen LogP contribution in [-0.2, 0) is 9.53 Å². The largest absolute Gasteiger partial charge is 0.458 e. The highest BCUT2D eigenvalue weighted by Gasteiger charge is 2.22. The third-order valence-corrected chi connectivity index (χ3v) is 6.21. The molecule has 2 nitrogen and oxygen atoms in total. The molecule has 0 aliphatic carbocycles. The van der Waals surface area contributed by atoms with Gasteiger partial charge < -0.3 is 4.74 Å². The summed E-state index contributed by atoms with van der Waals surface area (Å²) in [5.74, 6) is 0.0882. The molecule has 0 aromatic heterocycles. The van der Waals surface area contributed by atoms with E-state index >= 15 is 0 Å². The van der Waals surface area contributed by atoms with Gasteiger partial charge in [-0.25, -0.2) is 0 Å². The third-order valence-electron chi connectivity index (χ3n) is 6.21. The van der Waals surface area contributed by atoms with Gasteiger partial charge in [-0.3, -0.25) is 4.79 Å². The lowest BCUT2D eigenvalue weighted by atomic mass is 9.94. The van der Waals surface area contributed by atoms with Crippen LogP contribution in [0.15, 0.2) is 30.3 Å². The molecule has 2 heteroatoms. The van der Waals surface area contributed by atoms with Gasteiger partial charge in [0, 0.05) is 0 Å². The number of rotatable bonds is 19. The average molecular weight is 417 g/mol. The molecule has 0 spiro atoms. The molecule has 0 fully saturated rings. The fraction of sp³-hybridized carbons (Fsp3) is 0.750. The Morgan fingerprint density at radius 2 is 1.13 bits per heavy atom. The SMILES string of the molecule is CCCCCCCCCCC(CCCCCCCC)C(=O)OC(C)c1ccccc1. The van der Waals surface area contributed by atoms with Crippen molar-refractivity contribution in [3.8, 4) is 0 Å². The van der Waals surface area contributed by atoms with Gasteiger partial charge in [0.25, 0.3) is 0 Å². The highest BCUT2D eigenvalue weighted by Crippen LogP contribution is 2.24. The Labute approximate surface area is 187 Å². The van der Waals surface area contributed by atoms with Crippen LogP contribution in [0.3, 0.4) is 0 Å². The zero-order chi connectivity index (χ0) is 21.9. The molecule has 0 saturated carbocycles. The van der Waals surface area contributed by atoms with Crippen molar-refractivity contribution in [2.45, 2.75) is 130 Å². The minimum Gasteiger partial charge on any atom is -0.458 e. The zero-order valence-corrected chi connectivity index (χ0v) is 20.2. The zero-order valence-electron chi connectivity index (χ0n) is 20.2. The fourth-order valence-corrected chi connectivity index (χ4v) is 4.14. The quantitative estimate of drug-likeness (QED) is 0.166. The fourth-order valence-electron chi connectivity index (χ4n) is 4.14. The number of benzene rings is 1. The molecular formula is C28H48O2. The molecule has 2 unspecified atom stereocenters. The maximum Gasteiger partial charge on any atom is 0.309 e. The molecule has 0 N–H and O–H groups in total. The average Bonchev–Trinajstić information content (AvgIpc) is 2.76. The summed E-state index contributed by atoms with van der Waals surface area (Å²) in [6.07, 6.45) is 19.9. The summed E-state index contributed by atoms with van der Waals surface area (Å²) in [6.45, 7) is 6.51. The van der Waals surface area contributed by atoms with Crippen LogP contribution >= 0.6 is 0 Å². The molecule has 2 atom stereocenters. The van der Waals surface area contributed by atoms with Crippen LogP contribution in [0.25, 0.3) is 0 Å². The van der Waals surface area contributed by atoms with Crippen LogP contribution in [0.2, 0.25) is 0 Å². The first-order valence-corrected chi connectivity index (χ1v) is 12.9. The third kappa shape index (κ3) is 13.1. The molecule has 0 aliphatic heterocycles. The second-order valence-corrected chi connectivity index (χ2v) is 9.01. The summed E-state index contributed by atoms with van der Waals surface area (Å²) >= 11 is 0. The van der Waals surface area contributed by atoms with Gasteiger partial charge in [-0.1, -0.05) is 134 Å². The van der Waals surface area contributed by atoms with E-state index in [1.54, 1.807) is 0 Å². The highest BCUT2D eigenvalue weighted by molar-refractivity contribution is 5.72. The number of ether oxygens (including phenoxy) is 1. The lowest BCUT2D eigenvalue weighted by Gasteiger charge is -2.20. The van der Waals surface area contributed by atoms with Gasteiger partial charge in [0.15, 0.2) is 0 Å². The second-order valence-electron chi connectivity index (χ2n) is 9.01. The van der Waals surface area contributed by atoms with E-state index in [-0.39, 0.29) is 18.0 Å². The minimum atomic E-state index is -0.163. The van der Waals surface area contributed by atoms with E-state index in [1.165, 1.54) is 77.0 Å². The molecule has 1 rings (SSSR count). The summed E-state index contributed by atoms with van der Waals surface area (Å²) in [6, 6.07) is 10.1. The topological polar surface area (TPSA) is 26.3 Å². The molecule has 0 aliphatic rings. The van der Waals surface area contributed by atoms with Crippen LogP contribution in [0, 0.1) is 5.92 Å². The van der Waals surface area contributed by atoms with Gasteiger partial charge in [0.2, 0.25) is 0 Å². The summed E-state index contributed by atoms with van der Waals surface area (Å²) in [4.78, 5) is 12.9. The number of esters is 1. The molecule has 1 aromatic carbocycles. The van der Waals surface area contributed by atoms with Crippen molar-refractivity contribution in [2.75, 3.05) is 0 Å². The standard InChI is InChI=1S/C28H48O2/c1-4-6-8-10-12-13-15-18-24-27(23-17-14-11-9-7-5-2)28(29)30-25(3)26-21-19-16-20-22-26/h16,19-22,25,27H,4-15,17-18,23-24H2,1-3H3. The van der Waals surface area contributed by atoms with E-state index in [2.05, 4.69) is 13.8 Å². The monoisotopic (exact) mass is 416 g/mol. The smallest absolute Gasteiger partial charge is 0.309 e. The van der Waals surface area contributed by atoms with E-state index in [4.69, 9.17) is 4.74 Å². The normalized spacial score (nSPS) is 13.2. The maximum atomic E-state index is 12.9. The van der Waals surface area contributed by atoms with E-state index in [9.17, 15) is 4.79 Å². The number of carbonyl (C=O) groups is 1. The predicted octanol–water partition coefficient (Wildman–Crippen LogP) is 9.19. The molecular weight excluding hydrogens is 368 g/mol. The number of hydrogen-bond acceptors (Lipinski definition) is 2. The van der Waals surface area contributed by atoms with Gasteiger partial charge in [-0.05, 0) is 25.3 Å². The van der Waals surface area contributed by atoms with Crippen molar-refractivity contribution >= 4 is 5.97 Å². The highest BCUT2D eigenvalue weighted by atomic mass is 16.5.